The van der Waals surface area contributed by atoms with Crippen LogP contribution in [0.1, 0.15) is 24.5 Å². The van der Waals surface area contributed by atoms with Crippen molar-refractivity contribution in [1.82, 2.24) is 10.9 Å². The number of methoxy groups -OCH3 is 2. The van der Waals surface area contributed by atoms with Gasteiger partial charge in [-0.1, -0.05) is 23.7 Å². The van der Waals surface area contributed by atoms with E-state index in [-0.39, 0.29) is 24.8 Å². The summed E-state index contributed by atoms with van der Waals surface area (Å²) in [5, 5.41) is 0.594. The second-order valence-corrected chi connectivity index (χ2v) is 6.47. The summed E-state index contributed by atoms with van der Waals surface area (Å²) in [7, 11) is 2.90. The molecule has 0 radical (unpaired) electrons. The summed E-state index contributed by atoms with van der Waals surface area (Å²) in [6.45, 7) is 1.61. The van der Waals surface area contributed by atoms with Crippen molar-refractivity contribution in [1.29, 1.82) is 0 Å². The molecule has 0 aliphatic carbocycles. The number of hydrazine groups is 1. The molecule has 158 valence electrons. The van der Waals surface area contributed by atoms with Gasteiger partial charge < -0.3 is 9.47 Å². The van der Waals surface area contributed by atoms with Gasteiger partial charge >= 0.3 is 5.97 Å². The first-order chi connectivity index (χ1) is 14.4. The van der Waals surface area contributed by atoms with Crippen LogP contribution in [0, 0.1) is 0 Å². The maximum Gasteiger partial charge on any atom is 0.307 e. The van der Waals surface area contributed by atoms with E-state index in [1.54, 1.807) is 37.4 Å². The van der Waals surface area contributed by atoms with E-state index in [0.717, 1.165) is 5.56 Å². The van der Waals surface area contributed by atoms with Crippen LogP contribution in [0.3, 0.4) is 0 Å². The van der Waals surface area contributed by atoms with Crippen LogP contribution >= 0.6 is 11.6 Å². The summed E-state index contributed by atoms with van der Waals surface area (Å²) < 4.78 is 10.0. The number of aliphatic imine (C=N–C) groups is 2. The number of amides is 1. The summed E-state index contributed by atoms with van der Waals surface area (Å²) in [5.74, 6) is 0.0219. The molecule has 0 unspecified atom stereocenters. The van der Waals surface area contributed by atoms with Crippen molar-refractivity contribution in [3.63, 3.8) is 0 Å². The van der Waals surface area contributed by atoms with E-state index in [9.17, 15) is 9.59 Å². The summed E-state index contributed by atoms with van der Waals surface area (Å²) in [6, 6.07) is 12.5. The van der Waals surface area contributed by atoms with Crippen LogP contribution in [0.15, 0.2) is 52.4 Å². The molecule has 0 aliphatic heterocycles. The zero-order chi connectivity index (χ0) is 21.9. The molecular formula is C21H23ClN4O4. The number of nitrogens with one attached hydrogen (secondary N) is 2. The Balaban J connectivity index is 2.48. The molecule has 0 saturated heterocycles. The molecule has 9 heteroatoms. The Bertz CT molecular complexity index is 943. The molecule has 30 heavy (non-hydrogen) atoms. The Morgan fingerprint density at radius 1 is 1.13 bits per heavy atom. The number of esters is 1. The summed E-state index contributed by atoms with van der Waals surface area (Å²) in [4.78, 5) is 31.5. The average Bonchev–Trinajstić information content (AvgIpc) is 2.75. The highest BCUT2D eigenvalue weighted by Gasteiger charge is 2.14. The fraction of sp³-hybridized carbons (Fsp3) is 0.238. The van der Waals surface area contributed by atoms with Crippen LogP contribution in [0.2, 0.25) is 5.02 Å². The molecule has 0 atom stereocenters. The van der Waals surface area contributed by atoms with Gasteiger partial charge in [0, 0.05) is 23.1 Å². The van der Waals surface area contributed by atoms with Gasteiger partial charge in [0.15, 0.2) is 0 Å². The van der Waals surface area contributed by atoms with Crippen LogP contribution in [-0.2, 0) is 14.3 Å². The number of carbonyl (C=O) groups is 2. The lowest BCUT2D eigenvalue weighted by Gasteiger charge is -2.13. The predicted molar refractivity (Wildman–Crippen MR) is 117 cm³/mol. The third kappa shape index (κ3) is 6.89. The number of hydrogen-bond acceptors (Lipinski definition) is 6. The molecule has 0 bridgehead atoms. The number of rotatable bonds is 9. The second-order valence-electron chi connectivity index (χ2n) is 6.03. The van der Waals surface area contributed by atoms with Gasteiger partial charge in [-0.05, 0) is 30.3 Å². The van der Waals surface area contributed by atoms with Gasteiger partial charge in [-0.15, -0.1) is 0 Å². The first-order valence-electron chi connectivity index (χ1n) is 9.05. The summed E-state index contributed by atoms with van der Waals surface area (Å²) in [6.07, 6.45) is 1.50. The number of hydrogen-bond donors (Lipinski definition) is 2. The molecule has 2 aromatic carbocycles. The van der Waals surface area contributed by atoms with E-state index in [1.807, 2.05) is 12.1 Å². The predicted octanol–water partition coefficient (Wildman–Crippen LogP) is 3.05. The van der Waals surface area contributed by atoms with Gasteiger partial charge in [-0.2, -0.15) is 0 Å². The lowest BCUT2D eigenvalue weighted by Crippen LogP contribution is -2.34. The van der Waals surface area contributed by atoms with Crippen LogP contribution in [0.5, 0.6) is 5.75 Å². The van der Waals surface area contributed by atoms with Crippen molar-refractivity contribution in [2.45, 2.75) is 13.3 Å². The normalized spacial score (nSPS) is 11.3. The maximum atomic E-state index is 11.5. The van der Waals surface area contributed by atoms with Crippen molar-refractivity contribution in [2.75, 3.05) is 20.8 Å². The van der Waals surface area contributed by atoms with Crippen molar-refractivity contribution in [3.8, 4) is 5.75 Å². The molecule has 2 rings (SSSR count). The van der Waals surface area contributed by atoms with E-state index in [4.69, 9.17) is 21.1 Å². The molecule has 0 heterocycles. The van der Waals surface area contributed by atoms with Gasteiger partial charge in [0.05, 0.1) is 38.6 Å². The first kappa shape index (κ1) is 22.9. The van der Waals surface area contributed by atoms with Gasteiger partial charge in [-0.25, -0.2) is 4.99 Å². The Morgan fingerprint density at radius 3 is 2.50 bits per heavy atom. The molecule has 2 N–H and O–H groups in total. The zero-order valence-electron chi connectivity index (χ0n) is 16.9. The molecule has 0 saturated carbocycles. The summed E-state index contributed by atoms with van der Waals surface area (Å²) >= 11 is 6.03. The second kappa shape index (κ2) is 11.6. The SMILES string of the molecule is COC(=O)CCN=C(c1ccc(Cl)cc1)c1cc(OC)ccc1N=CNNC(C)=O. The number of carbonyl (C=O) groups excluding carboxylic acids is 2. The van der Waals surface area contributed by atoms with Crippen LogP contribution in [-0.4, -0.2) is 44.7 Å². The summed E-state index contributed by atoms with van der Waals surface area (Å²) in [5.41, 5.74) is 7.69. The Kier molecular flexibility index (Phi) is 8.83. The quantitative estimate of drug-likeness (QED) is 0.275. The van der Waals surface area contributed by atoms with E-state index in [1.165, 1.54) is 20.4 Å². The Labute approximate surface area is 179 Å². The number of halogens is 1. The van der Waals surface area contributed by atoms with Crippen LogP contribution in [0.25, 0.3) is 0 Å². The average molecular weight is 431 g/mol. The molecule has 0 fully saturated rings. The molecule has 8 nitrogen and oxygen atoms in total. The minimum atomic E-state index is -0.349. The fourth-order valence-electron chi connectivity index (χ4n) is 2.48. The minimum absolute atomic E-state index is 0.139. The first-order valence-corrected chi connectivity index (χ1v) is 9.42. The molecular weight excluding hydrogens is 408 g/mol. The fourth-order valence-corrected chi connectivity index (χ4v) is 2.61. The monoisotopic (exact) mass is 430 g/mol. The third-order valence-electron chi connectivity index (χ3n) is 3.91. The van der Waals surface area contributed by atoms with Crippen molar-refractivity contribution >= 4 is 41.2 Å². The van der Waals surface area contributed by atoms with Crippen LogP contribution < -0.4 is 15.6 Å². The van der Waals surface area contributed by atoms with Gasteiger partial charge in [0.1, 0.15) is 12.1 Å². The van der Waals surface area contributed by atoms with Gasteiger partial charge in [0.25, 0.3) is 0 Å². The van der Waals surface area contributed by atoms with Gasteiger partial charge in [-0.3, -0.25) is 25.4 Å². The number of nitrogens with zero attached hydrogens (tertiary/aromatic N) is 2. The number of benzene rings is 2. The highest BCUT2D eigenvalue weighted by molar-refractivity contribution is 6.30. The van der Waals surface area contributed by atoms with E-state index in [2.05, 4.69) is 20.8 Å². The lowest BCUT2D eigenvalue weighted by molar-refractivity contribution is -0.140. The number of ether oxygens (including phenoxy) is 2. The van der Waals surface area contributed by atoms with Gasteiger partial charge in [0.2, 0.25) is 5.91 Å². The maximum absolute atomic E-state index is 11.5. The van der Waals surface area contributed by atoms with Crippen molar-refractivity contribution in [2.24, 2.45) is 9.98 Å². The van der Waals surface area contributed by atoms with E-state index >= 15 is 0 Å². The topological polar surface area (TPSA) is 101 Å². The van der Waals surface area contributed by atoms with Crippen LogP contribution in [0.4, 0.5) is 5.69 Å². The van der Waals surface area contributed by atoms with E-state index in [0.29, 0.717) is 27.7 Å². The Morgan fingerprint density at radius 2 is 1.87 bits per heavy atom. The molecule has 0 aliphatic rings. The zero-order valence-corrected chi connectivity index (χ0v) is 17.7. The van der Waals surface area contributed by atoms with Crippen molar-refractivity contribution in [3.05, 3.63) is 58.6 Å². The molecule has 0 aromatic heterocycles. The highest BCUT2D eigenvalue weighted by Crippen LogP contribution is 2.28. The highest BCUT2D eigenvalue weighted by atomic mass is 35.5. The van der Waals surface area contributed by atoms with E-state index < -0.39 is 0 Å². The third-order valence-corrected chi connectivity index (χ3v) is 4.16. The minimum Gasteiger partial charge on any atom is -0.497 e. The smallest absolute Gasteiger partial charge is 0.307 e. The lowest BCUT2D eigenvalue weighted by atomic mass is 10.00. The largest absolute Gasteiger partial charge is 0.497 e. The Hall–Kier alpha value is -3.39. The molecule has 2 aromatic rings. The molecule has 0 spiro atoms. The van der Waals surface area contributed by atoms with Crippen molar-refractivity contribution < 1.29 is 19.1 Å². The standard InChI is InChI=1S/C21H23ClN4O4/c1-14(27)26-25-13-24-19-9-8-17(29-2)12-18(19)21(23-11-10-20(28)30-3)15-4-6-16(22)7-5-15/h4-9,12-13H,10-11H2,1-3H3,(H,24,25)(H,26,27). The molecule has 1 amide bonds.